The fourth-order valence-corrected chi connectivity index (χ4v) is 2.45. The molecule has 4 heteroatoms. The van der Waals surface area contributed by atoms with Gasteiger partial charge in [0.2, 0.25) is 0 Å². The first-order valence-corrected chi connectivity index (χ1v) is 6.44. The van der Waals surface area contributed by atoms with Crippen molar-refractivity contribution in [1.29, 1.82) is 0 Å². The van der Waals surface area contributed by atoms with E-state index in [1.807, 2.05) is 52.0 Å². The lowest BCUT2D eigenvalue weighted by Crippen LogP contribution is -2.43. The molecule has 0 heterocycles. The van der Waals surface area contributed by atoms with Crippen molar-refractivity contribution in [1.82, 2.24) is 10.6 Å². The summed E-state index contributed by atoms with van der Waals surface area (Å²) in [5, 5.41) is 3.76. The summed E-state index contributed by atoms with van der Waals surface area (Å²) in [7, 11) is -1.94. The molecule has 3 nitrogen and oxygen atoms in total. The van der Waals surface area contributed by atoms with Crippen molar-refractivity contribution in [3.63, 3.8) is 0 Å². The third kappa shape index (κ3) is 4.17. The highest BCUT2D eigenvalue weighted by atomic mass is 31.1. The van der Waals surface area contributed by atoms with Crippen molar-refractivity contribution >= 4 is 13.3 Å². The molecule has 1 unspecified atom stereocenters. The summed E-state index contributed by atoms with van der Waals surface area (Å²) >= 11 is 0. The van der Waals surface area contributed by atoms with E-state index >= 15 is 0 Å². The lowest BCUT2D eigenvalue weighted by molar-refractivity contribution is 0.407. The SMILES string of the molecule is Cc1ccccc1[PH](=O)NNC(C)(C)C. The highest BCUT2D eigenvalue weighted by molar-refractivity contribution is 7.51. The monoisotopic (exact) mass is 226 g/mol. The molecule has 1 atom stereocenters. The van der Waals surface area contributed by atoms with E-state index < -0.39 is 7.95 Å². The number of hydrogen-bond donors (Lipinski definition) is 2. The predicted molar refractivity (Wildman–Crippen MR) is 65.8 cm³/mol. The molecule has 0 aliphatic rings. The number of hydrazine groups is 1. The molecule has 84 valence electrons. The van der Waals surface area contributed by atoms with Crippen LogP contribution in [-0.2, 0) is 4.57 Å². The van der Waals surface area contributed by atoms with Gasteiger partial charge in [0, 0.05) is 10.8 Å². The normalized spacial score (nSPS) is 13.9. The fourth-order valence-electron chi connectivity index (χ4n) is 1.14. The van der Waals surface area contributed by atoms with E-state index in [4.69, 9.17) is 0 Å². The van der Waals surface area contributed by atoms with Gasteiger partial charge in [0.05, 0.1) is 0 Å². The minimum Gasteiger partial charge on any atom is -0.304 e. The van der Waals surface area contributed by atoms with E-state index in [2.05, 4.69) is 10.6 Å². The van der Waals surface area contributed by atoms with Gasteiger partial charge in [0.15, 0.2) is 7.95 Å². The molecule has 1 aromatic rings. The molecule has 2 N–H and O–H groups in total. The Morgan fingerprint density at radius 2 is 1.80 bits per heavy atom. The average molecular weight is 226 g/mol. The Labute approximate surface area is 92.1 Å². The van der Waals surface area contributed by atoms with Crippen LogP contribution in [0.15, 0.2) is 24.3 Å². The third-order valence-corrected chi connectivity index (χ3v) is 3.34. The number of hydrogen-bond acceptors (Lipinski definition) is 2. The molecule has 15 heavy (non-hydrogen) atoms. The van der Waals surface area contributed by atoms with Gasteiger partial charge in [0.25, 0.3) is 0 Å². The highest BCUT2D eigenvalue weighted by Crippen LogP contribution is 2.16. The fraction of sp³-hybridized carbons (Fsp3) is 0.455. The summed E-state index contributed by atoms with van der Waals surface area (Å²) in [6.07, 6.45) is 0. The van der Waals surface area contributed by atoms with Gasteiger partial charge in [-0.3, -0.25) is 0 Å². The number of nitrogens with one attached hydrogen (secondary N) is 2. The van der Waals surface area contributed by atoms with Gasteiger partial charge in [-0.25, -0.2) is 10.6 Å². The summed E-state index contributed by atoms with van der Waals surface area (Å²) in [4.78, 5) is 0. The summed E-state index contributed by atoms with van der Waals surface area (Å²) in [6, 6.07) is 7.72. The third-order valence-electron chi connectivity index (χ3n) is 1.94. The van der Waals surface area contributed by atoms with Crippen LogP contribution in [0.4, 0.5) is 0 Å². The van der Waals surface area contributed by atoms with Gasteiger partial charge in [-0.1, -0.05) is 24.3 Å². The largest absolute Gasteiger partial charge is 0.304 e. The summed E-state index contributed by atoms with van der Waals surface area (Å²) < 4.78 is 11.9. The molecule has 0 amide bonds. The van der Waals surface area contributed by atoms with Gasteiger partial charge in [0.1, 0.15) is 0 Å². The molecule has 0 saturated heterocycles. The van der Waals surface area contributed by atoms with Gasteiger partial charge in [-0.15, -0.1) is 0 Å². The molecular weight excluding hydrogens is 207 g/mol. The van der Waals surface area contributed by atoms with E-state index in [1.54, 1.807) is 0 Å². The summed E-state index contributed by atoms with van der Waals surface area (Å²) in [6.45, 7) is 8.03. The molecular formula is C11H19N2OP. The predicted octanol–water partition coefficient (Wildman–Crippen LogP) is 1.99. The second-order valence-electron chi connectivity index (χ2n) is 4.64. The Morgan fingerprint density at radius 1 is 1.20 bits per heavy atom. The molecule has 0 saturated carbocycles. The van der Waals surface area contributed by atoms with Crippen LogP contribution in [0.25, 0.3) is 0 Å². The smallest absolute Gasteiger partial charge is 0.177 e. The average Bonchev–Trinajstić information content (AvgIpc) is 2.14. The van der Waals surface area contributed by atoms with E-state index in [0.29, 0.717) is 0 Å². The molecule has 0 aliphatic carbocycles. The van der Waals surface area contributed by atoms with Crippen LogP contribution in [0.2, 0.25) is 0 Å². The highest BCUT2D eigenvalue weighted by Gasteiger charge is 2.11. The standard InChI is InChI=1S/C11H19N2OP/c1-9-7-5-6-8-10(9)15(14)13-12-11(2,3)4/h5-8,12,15H,1-4H3,(H,13,14). The number of aryl methyl sites for hydroxylation is 1. The van der Waals surface area contributed by atoms with Gasteiger partial charge >= 0.3 is 0 Å². The van der Waals surface area contributed by atoms with Gasteiger partial charge in [-0.2, -0.15) is 0 Å². The van der Waals surface area contributed by atoms with Crippen molar-refractivity contribution in [2.75, 3.05) is 0 Å². The molecule has 0 aromatic heterocycles. The Hall–Kier alpha value is -0.630. The van der Waals surface area contributed by atoms with Crippen LogP contribution in [0.1, 0.15) is 26.3 Å². The minimum atomic E-state index is -1.94. The Bertz CT molecular complexity index is 358. The van der Waals surface area contributed by atoms with E-state index in [0.717, 1.165) is 10.9 Å². The molecule has 0 radical (unpaired) electrons. The number of benzene rings is 1. The lowest BCUT2D eigenvalue weighted by Gasteiger charge is -2.21. The molecule has 1 rings (SSSR count). The van der Waals surface area contributed by atoms with E-state index in [-0.39, 0.29) is 5.54 Å². The topological polar surface area (TPSA) is 41.1 Å². The van der Waals surface area contributed by atoms with Crippen molar-refractivity contribution in [2.45, 2.75) is 33.2 Å². The maximum absolute atomic E-state index is 11.9. The second kappa shape index (κ2) is 4.93. The first kappa shape index (κ1) is 12.4. The second-order valence-corrected chi connectivity index (χ2v) is 6.09. The molecule has 0 fully saturated rings. The van der Waals surface area contributed by atoms with Crippen LogP contribution in [0.5, 0.6) is 0 Å². The van der Waals surface area contributed by atoms with Crippen molar-refractivity contribution < 1.29 is 4.57 Å². The van der Waals surface area contributed by atoms with Crippen LogP contribution >= 0.6 is 7.95 Å². The van der Waals surface area contributed by atoms with Gasteiger partial charge < -0.3 is 4.57 Å². The lowest BCUT2D eigenvalue weighted by atomic mass is 10.1. The molecule has 1 aromatic carbocycles. The first-order valence-electron chi connectivity index (χ1n) is 5.03. The Morgan fingerprint density at radius 3 is 2.33 bits per heavy atom. The maximum Gasteiger partial charge on any atom is 0.177 e. The van der Waals surface area contributed by atoms with Crippen LogP contribution in [0, 0.1) is 6.92 Å². The van der Waals surface area contributed by atoms with Crippen molar-refractivity contribution in [2.24, 2.45) is 0 Å². The summed E-state index contributed by atoms with van der Waals surface area (Å²) in [5.74, 6) is 0. The Kier molecular flexibility index (Phi) is 4.09. The quantitative estimate of drug-likeness (QED) is 0.611. The molecule has 0 spiro atoms. The zero-order valence-corrected chi connectivity index (χ0v) is 10.7. The summed E-state index contributed by atoms with van der Waals surface area (Å²) in [5.41, 5.74) is 4.01. The minimum absolute atomic E-state index is 0.0803. The zero-order valence-electron chi connectivity index (χ0n) is 9.72. The molecule has 0 bridgehead atoms. The Balaban J connectivity index is 2.66. The van der Waals surface area contributed by atoms with Gasteiger partial charge in [-0.05, 0) is 33.3 Å². The number of rotatable bonds is 3. The van der Waals surface area contributed by atoms with E-state index in [9.17, 15) is 4.57 Å². The van der Waals surface area contributed by atoms with Crippen molar-refractivity contribution in [3.05, 3.63) is 29.8 Å². The first-order chi connectivity index (χ1) is 6.90. The van der Waals surface area contributed by atoms with E-state index in [1.165, 1.54) is 0 Å². The van der Waals surface area contributed by atoms with Crippen LogP contribution in [-0.4, -0.2) is 5.54 Å². The zero-order chi connectivity index (χ0) is 11.5. The van der Waals surface area contributed by atoms with Crippen molar-refractivity contribution in [3.8, 4) is 0 Å². The maximum atomic E-state index is 11.9. The molecule has 0 aliphatic heterocycles. The van der Waals surface area contributed by atoms with Crippen LogP contribution < -0.4 is 15.9 Å². The van der Waals surface area contributed by atoms with Crippen LogP contribution in [0.3, 0.4) is 0 Å².